The number of carbonyl (C=O) groups excluding carboxylic acids is 4. The Bertz CT molecular complexity index is 2170. The van der Waals surface area contributed by atoms with Crippen molar-refractivity contribution in [3.05, 3.63) is 129 Å². The van der Waals surface area contributed by atoms with Gasteiger partial charge in [-0.2, -0.15) is 23.4 Å². The first-order valence-corrected chi connectivity index (χ1v) is 15.8. The SMILES string of the molecule is O=C1c2ccccc2C(=O)c2c(Nc3nc(NCCS(=O)(=O)O)nc(Nc4cccc5c4C(=O)c4ccccc4C5=O)n3)cccc21. The summed E-state index contributed by atoms with van der Waals surface area (Å²) in [4.78, 5) is 66.6. The molecule has 5 aromatic rings. The molecule has 0 aliphatic heterocycles. The Labute approximate surface area is 266 Å². The van der Waals surface area contributed by atoms with Gasteiger partial charge in [-0.1, -0.05) is 72.8 Å². The van der Waals surface area contributed by atoms with Crippen LogP contribution in [0.15, 0.2) is 84.9 Å². The topological polar surface area (TPSA) is 197 Å². The van der Waals surface area contributed by atoms with Crippen molar-refractivity contribution < 1.29 is 32.1 Å². The van der Waals surface area contributed by atoms with Gasteiger partial charge in [0.15, 0.2) is 23.1 Å². The van der Waals surface area contributed by atoms with Crippen molar-refractivity contribution in [2.24, 2.45) is 0 Å². The number of hydrogen-bond donors (Lipinski definition) is 4. The molecule has 232 valence electrons. The first-order chi connectivity index (χ1) is 22.6. The van der Waals surface area contributed by atoms with Crippen LogP contribution in [0, 0.1) is 0 Å². The Balaban J connectivity index is 1.27. The van der Waals surface area contributed by atoms with Gasteiger partial charge in [0.1, 0.15) is 0 Å². The van der Waals surface area contributed by atoms with Crippen LogP contribution in [0.4, 0.5) is 29.2 Å². The Hall–Kier alpha value is -6.12. The third kappa shape index (κ3) is 5.41. The second-order valence-corrected chi connectivity index (χ2v) is 12.2. The molecule has 2 aliphatic carbocycles. The highest BCUT2D eigenvalue weighted by atomic mass is 32.2. The number of nitrogens with one attached hydrogen (secondary N) is 3. The van der Waals surface area contributed by atoms with Crippen LogP contribution in [0.2, 0.25) is 0 Å². The quantitative estimate of drug-likeness (QED) is 0.172. The molecule has 4 N–H and O–H groups in total. The van der Waals surface area contributed by atoms with Gasteiger partial charge in [0.2, 0.25) is 17.8 Å². The molecule has 0 unspecified atom stereocenters. The molecule has 1 heterocycles. The number of fused-ring (bicyclic) bond motifs is 4. The molecule has 2 aliphatic rings. The van der Waals surface area contributed by atoms with Crippen LogP contribution >= 0.6 is 0 Å². The Kier molecular flexibility index (Phi) is 7.14. The van der Waals surface area contributed by atoms with Gasteiger partial charge in [-0.25, -0.2) is 0 Å². The highest BCUT2D eigenvalue weighted by Gasteiger charge is 2.33. The third-order valence-electron chi connectivity index (χ3n) is 7.68. The third-order valence-corrected chi connectivity index (χ3v) is 8.40. The maximum Gasteiger partial charge on any atom is 0.266 e. The van der Waals surface area contributed by atoms with E-state index in [1.54, 1.807) is 84.9 Å². The first-order valence-electron chi connectivity index (χ1n) is 14.2. The average molecular weight is 647 g/mol. The van der Waals surface area contributed by atoms with E-state index in [1.807, 2.05) is 0 Å². The van der Waals surface area contributed by atoms with E-state index in [4.69, 9.17) is 0 Å². The van der Waals surface area contributed by atoms with Crippen LogP contribution in [0.25, 0.3) is 0 Å². The first kappa shape index (κ1) is 29.6. The maximum absolute atomic E-state index is 13.5. The molecule has 0 saturated carbocycles. The van der Waals surface area contributed by atoms with Gasteiger partial charge in [-0.05, 0) is 12.1 Å². The summed E-state index contributed by atoms with van der Waals surface area (Å²) in [7, 11) is -4.31. The van der Waals surface area contributed by atoms with Crippen molar-refractivity contribution in [1.82, 2.24) is 15.0 Å². The summed E-state index contributed by atoms with van der Waals surface area (Å²) in [5.41, 5.74) is 2.16. The van der Waals surface area contributed by atoms with Gasteiger partial charge in [0.25, 0.3) is 10.1 Å². The van der Waals surface area contributed by atoms with Gasteiger partial charge in [0, 0.05) is 39.9 Å². The predicted molar refractivity (Wildman–Crippen MR) is 171 cm³/mol. The molecule has 0 spiro atoms. The molecule has 7 rings (SSSR count). The summed E-state index contributed by atoms with van der Waals surface area (Å²) in [5, 5.41) is 8.66. The van der Waals surface area contributed by atoms with E-state index >= 15 is 0 Å². The molecule has 0 bridgehead atoms. The zero-order chi connectivity index (χ0) is 32.9. The Morgan fingerprint density at radius 2 is 0.894 bits per heavy atom. The van der Waals surface area contributed by atoms with Crippen molar-refractivity contribution in [3.8, 4) is 0 Å². The van der Waals surface area contributed by atoms with Crippen molar-refractivity contribution in [2.75, 3.05) is 28.2 Å². The van der Waals surface area contributed by atoms with Crippen LogP contribution in [-0.2, 0) is 10.1 Å². The van der Waals surface area contributed by atoms with Crippen molar-refractivity contribution in [2.45, 2.75) is 0 Å². The number of carbonyl (C=O) groups is 4. The molecule has 13 nitrogen and oxygen atoms in total. The van der Waals surface area contributed by atoms with Crippen LogP contribution < -0.4 is 16.0 Å². The van der Waals surface area contributed by atoms with E-state index in [2.05, 4.69) is 30.9 Å². The summed E-state index contributed by atoms with van der Waals surface area (Å²) in [6, 6.07) is 22.5. The van der Waals surface area contributed by atoms with E-state index < -0.39 is 15.9 Å². The lowest BCUT2D eigenvalue weighted by atomic mass is 9.83. The molecule has 0 amide bonds. The molecule has 0 saturated heterocycles. The molecule has 0 atom stereocenters. The van der Waals surface area contributed by atoms with E-state index in [-0.39, 0.29) is 92.3 Å². The molecule has 0 radical (unpaired) electrons. The highest BCUT2D eigenvalue weighted by Crippen LogP contribution is 2.35. The summed E-state index contributed by atoms with van der Waals surface area (Å²) in [6.07, 6.45) is 0. The minimum absolute atomic E-state index is 0.109. The Morgan fingerprint density at radius 1 is 0.511 bits per heavy atom. The molecule has 47 heavy (non-hydrogen) atoms. The van der Waals surface area contributed by atoms with Gasteiger partial charge in [-0.15, -0.1) is 0 Å². The number of ketones is 4. The summed E-state index contributed by atoms with van der Waals surface area (Å²) in [6.45, 7) is -0.267. The van der Waals surface area contributed by atoms with Gasteiger partial charge in [0.05, 0.1) is 28.3 Å². The largest absolute Gasteiger partial charge is 0.353 e. The number of aromatic nitrogens is 3. The van der Waals surface area contributed by atoms with Gasteiger partial charge < -0.3 is 16.0 Å². The van der Waals surface area contributed by atoms with Crippen LogP contribution in [0.3, 0.4) is 0 Å². The second-order valence-electron chi connectivity index (χ2n) is 10.6. The zero-order valence-corrected chi connectivity index (χ0v) is 25.0. The highest BCUT2D eigenvalue weighted by molar-refractivity contribution is 7.85. The lowest BCUT2D eigenvalue weighted by Gasteiger charge is -2.21. The van der Waals surface area contributed by atoms with Gasteiger partial charge in [-0.3, -0.25) is 23.7 Å². The normalized spacial score (nSPS) is 13.3. The second kappa shape index (κ2) is 11.3. The van der Waals surface area contributed by atoms with Crippen molar-refractivity contribution >= 4 is 62.5 Å². The van der Waals surface area contributed by atoms with Gasteiger partial charge >= 0.3 is 0 Å². The molecule has 0 fully saturated rings. The lowest BCUT2D eigenvalue weighted by Crippen LogP contribution is -2.23. The smallest absolute Gasteiger partial charge is 0.266 e. The zero-order valence-electron chi connectivity index (χ0n) is 24.1. The Morgan fingerprint density at radius 3 is 1.32 bits per heavy atom. The summed E-state index contributed by atoms with van der Waals surface area (Å²) < 4.78 is 31.8. The minimum atomic E-state index is -4.31. The fourth-order valence-electron chi connectivity index (χ4n) is 5.60. The van der Waals surface area contributed by atoms with E-state index in [9.17, 15) is 32.1 Å². The lowest BCUT2D eigenvalue weighted by molar-refractivity contribution is 0.0979. The monoisotopic (exact) mass is 646 g/mol. The maximum atomic E-state index is 13.5. The van der Waals surface area contributed by atoms with E-state index in [0.717, 1.165) is 0 Å². The number of hydrogen-bond acceptors (Lipinski definition) is 12. The number of anilines is 5. The van der Waals surface area contributed by atoms with Crippen LogP contribution in [0.5, 0.6) is 0 Å². The summed E-state index contributed by atoms with van der Waals surface area (Å²) >= 11 is 0. The molecule has 14 heteroatoms. The number of rotatable bonds is 8. The van der Waals surface area contributed by atoms with E-state index in [1.165, 1.54) is 0 Å². The number of benzene rings is 4. The predicted octanol–water partition coefficient (Wildman–Crippen LogP) is 4.21. The van der Waals surface area contributed by atoms with Crippen molar-refractivity contribution in [3.63, 3.8) is 0 Å². The van der Waals surface area contributed by atoms with Crippen LogP contribution in [-0.4, -0.2) is 63.4 Å². The summed E-state index contributed by atoms with van der Waals surface area (Å²) in [5.74, 6) is -2.38. The number of nitrogens with zero attached hydrogens (tertiary/aromatic N) is 3. The van der Waals surface area contributed by atoms with Crippen molar-refractivity contribution in [1.29, 1.82) is 0 Å². The minimum Gasteiger partial charge on any atom is -0.353 e. The molecule has 4 aromatic carbocycles. The fourth-order valence-corrected chi connectivity index (χ4v) is 5.96. The van der Waals surface area contributed by atoms with Crippen LogP contribution in [0.1, 0.15) is 63.7 Å². The molecular formula is C33H22N6O7S. The molecular weight excluding hydrogens is 624 g/mol. The molecule has 1 aromatic heterocycles. The average Bonchev–Trinajstić information content (AvgIpc) is 3.05. The van der Waals surface area contributed by atoms with E-state index in [0.29, 0.717) is 11.1 Å². The fraction of sp³-hybridized carbons (Fsp3) is 0.0606. The standard InChI is InChI=1S/C33H22N6O7S/c40-27-17-7-1-3-9-19(17)29(42)25-21(27)11-5-13-23(25)35-32-37-31(34-15-16-47(44,45)46)38-33(39-32)36-24-14-6-12-22-26(24)30(43)20-10-4-2-8-18(20)28(22)41/h1-14H,15-16H2,(H,44,45,46)(H3,34,35,36,37,38,39).